The summed E-state index contributed by atoms with van der Waals surface area (Å²) in [7, 11) is -1.21. The van der Waals surface area contributed by atoms with Gasteiger partial charge in [-0.1, -0.05) is 17.7 Å². The number of rotatable bonds is 5. The van der Waals surface area contributed by atoms with E-state index in [0.717, 1.165) is 0 Å². The Morgan fingerprint density at radius 2 is 2.30 bits per heavy atom. The molecule has 1 heterocycles. The fourth-order valence-electron chi connectivity index (χ4n) is 1.52. The van der Waals surface area contributed by atoms with Crippen LogP contribution in [0.15, 0.2) is 35.7 Å². The van der Waals surface area contributed by atoms with Crippen LogP contribution in [0.3, 0.4) is 0 Å². The van der Waals surface area contributed by atoms with Gasteiger partial charge >= 0.3 is 0 Å². The molecule has 6 nitrogen and oxygen atoms in total. The Kier molecular flexibility index (Phi) is 4.86. The predicted molar refractivity (Wildman–Crippen MR) is 77.1 cm³/mol. The van der Waals surface area contributed by atoms with E-state index in [1.807, 2.05) is 0 Å². The van der Waals surface area contributed by atoms with Gasteiger partial charge in [-0.05, 0) is 18.2 Å². The van der Waals surface area contributed by atoms with Crippen molar-refractivity contribution in [3.05, 3.63) is 35.6 Å². The molecule has 1 N–H and O–H groups in total. The number of aromatic nitrogens is 3. The molecule has 106 valence electrons. The third kappa shape index (κ3) is 4.14. The first kappa shape index (κ1) is 14.7. The third-order valence-electron chi connectivity index (χ3n) is 2.45. The van der Waals surface area contributed by atoms with Gasteiger partial charge in [-0.3, -0.25) is 13.7 Å². The van der Waals surface area contributed by atoms with Crippen LogP contribution in [-0.2, 0) is 22.1 Å². The third-order valence-corrected chi connectivity index (χ3v) is 3.39. The highest BCUT2D eigenvalue weighted by molar-refractivity contribution is 7.84. The highest BCUT2D eigenvalue weighted by atomic mass is 35.5. The normalized spacial score (nSPS) is 12.1. The van der Waals surface area contributed by atoms with E-state index in [1.54, 1.807) is 24.3 Å². The standard InChI is InChI=1S/C12H13ClN4O2S/c1-20(19)12-14-8-17(16-12)6-5-11(18)15-10-4-2-3-9(13)7-10/h2-4,7-8H,5-6H2,1H3,(H,15,18)/t20-/m1/s1. The fraction of sp³-hybridized carbons (Fsp3) is 0.250. The first-order valence-corrected chi connectivity index (χ1v) is 7.76. The van der Waals surface area contributed by atoms with E-state index in [4.69, 9.17) is 11.6 Å². The van der Waals surface area contributed by atoms with Crippen LogP contribution in [0.2, 0.25) is 5.02 Å². The van der Waals surface area contributed by atoms with Gasteiger partial charge < -0.3 is 5.32 Å². The molecule has 1 amide bonds. The summed E-state index contributed by atoms with van der Waals surface area (Å²) < 4.78 is 12.6. The molecule has 1 aromatic carbocycles. The Morgan fingerprint density at radius 3 is 2.95 bits per heavy atom. The average molecular weight is 313 g/mol. The van der Waals surface area contributed by atoms with Crippen molar-refractivity contribution < 1.29 is 9.00 Å². The molecular weight excluding hydrogens is 300 g/mol. The molecule has 20 heavy (non-hydrogen) atoms. The number of amides is 1. The molecule has 0 bridgehead atoms. The van der Waals surface area contributed by atoms with Gasteiger partial charge in [0.25, 0.3) is 0 Å². The second-order valence-corrected chi connectivity index (χ2v) is 5.76. The zero-order valence-electron chi connectivity index (χ0n) is 10.7. The molecule has 0 spiro atoms. The molecule has 2 rings (SSSR count). The molecule has 0 aliphatic rings. The van der Waals surface area contributed by atoms with Gasteiger partial charge in [0.2, 0.25) is 11.1 Å². The first-order chi connectivity index (χ1) is 9.54. The Morgan fingerprint density at radius 1 is 1.50 bits per heavy atom. The smallest absolute Gasteiger partial charge is 0.238 e. The SMILES string of the molecule is C[S@@](=O)c1ncn(CCC(=O)Nc2cccc(Cl)c2)n1. The summed E-state index contributed by atoms with van der Waals surface area (Å²) in [6.45, 7) is 0.372. The van der Waals surface area contributed by atoms with Crippen molar-refractivity contribution in [2.75, 3.05) is 11.6 Å². The van der Waals surface area contributed by atoms with Crippen LogP contribution >= 0.6 is 11.6 Å². The number of carbonyl (C=O) groups is 1. The van der Waals surface area contributed by atoms with Gasteiger partial charge in [0.15, 0.2) is 0 Å². The molecule has 0 saturated heterocycles. The maximum Gasteiger partial charge on any atom is 0.238 e. The van der Waals surface area contributed by atoms with Gasteiger partial charge in [-0.2, -0.15) is 0 Å². The summed E-state index contributed by atoms with van der Waals surface area (Å²) in [5.74, 6) is -0.151. The number of nitrogens with zero attached hydrogens (tertiary/aromatic N) is 3. The molecule has 1 atom stereocenters. The van der Waals surface area contributed by atoms with Crippen LogP contribution in [0.5, 0.6) is 0 Å². The Bertz CT molecular complexity index is 644. The van der Waals surface area contributed by atoms with E-state index < -0.39 is 10.8 Å². The largest absolute Gasteiger partial charge is 0.326 e. The van der Waals surface area contributed by atoms with Gasteiger partial charge in [0.05, 0.1) is 17.3 Å². The molecule has 1 aromatic heterocycles. The van der Waals surface area contributed by atoms with E-state index in [9.17, 15) is 9.00 Å². The maximum atomic E-state index is 11.8. The minimum absolute atomic E-state index is 0.151. The molecule has 0 aliphatic carbocycles. The van der Waals surface area contributed by atoms with E-state index in [-0.39, 0.29) is 17.5 Å². The minimum Gasteiger partial charge on any atom is -0.326 e. The molecule has 2 aromatic rings. The van der Waals surface area contributed by atoms with Crippen molar-refractivity contribution in [1.82, 2.24) is 14.8 Å². The Hall–Kier alpha value is -1.73. The number of aryl methyl sites for hydroxylation is 1. The number of nitrogens with one attached hydrogen (secondary N) is 1. The lowest BCUT2D eigenvalue weighted by Crippen LogP contribution is -2.14. The molecular formula is C12H13ClN4O2S. The van der Waals surface area contributed by atoms with Gasteiger partial charge in [-0.25, -0.2) is 4.98 Å². The number of carbonyl (C=O) groups excluding carboxylic acids is 1. The highest BCUT2D eigenvalue weighted by Gasteiger charge is 2.07. The van der Waals surface area contributed by atoms with Crippen LogP contribution in [0, 0.1) is 0 Å². The second kappa shape index (κ2) is 6.62. The Labute approximate surface area is 123 Å². The monoisotopic (exact) mass is 312 g/mol. The lowest BCUT2D eigenvalue weighted by molar-refractivity contribution is -0.116. The van der Waals surface area contributed by atoms with Crippen LogP contribution in [-0.4, -0.2) is 31.1 Å². The molecule has 0 saturated carbocycles. The number of halogens is 1. The van der Waals surface area contributed by atoms with E-state index in [2.05, 4.69) is 15.4 Å². The summed E-state index contributed by atoms with van der Waals surface area (Å²) in [5.41, 5.74) is 0.649. The van der Waals surface area contributed by atoms with Gasteiger partial charge in [0, 0.05) is 23.4 Å². The van der Waals surface area contributed by atoms with E-state index >= 15 is 0 Å². The minimum atomic E-state index is -1.21. The van der Waals surface area contributed by atoms with Crippen molar-refractivity contribution in [3.8, 4) is 0 Å². The molecule has 0 radical (unpaired) electrons. The van der Waals surface area contributed by atoms with Crippen LogP contribution in [0.25, 0.3) is 0 Å². The zero-order valence-corrected chi connectivity index (χ0v) is 12.3. The summed E-state index contributed by atoms with van der Waals surface area (Å²) in [4.78, 5) is 15.7. The number of hydrogen-bond donors (Lipinski definition) is 1. The first-order valence-electron chi connectivity index (χ1n) is 5.83. The predicted octanol–water partition coefficient (Wildman–Crippen LogP) is 1.70. The van der Waals surface area contributed by atoms with E-state index in [1.165, 1.54) is 17.3 Å². The molecule has 0 aliphatic heterocycles. The molecule has 0 unspecified atom stereocenters. The Balaban J connectivity index is 1.87. The molecule has 8 heteroatoms. The summed E-state index contributed by atoms with van der Waals surface area (Å²) in [5, 5.41) is 7.57. The summed E-state index contributed by atoms with van der Waals surface area (Å²) in [6, 6.07) is 6.93. The van der Waals surface area contributed by atoms with Crippen LogP contribution in [0.1, 0.15) is 6.42 Å². The van der Waals surface area contributed by atoms with E-state index in [0.29, 0.717) is 17.3 Å². The number of anilines is 1. The summed E-state index contributed by atoms with van der Waals surface area (Å²) in [6.07, 6.45) is 3.21. The number of benzene rings is 1. The van der Waals surface area contributed by atoms with Crippen molar-refractivity contribution in [2.45, 2.75) is 18.1 Å². The number of hydrogen-bond acceptors (Lipinski definition) is 4. The van der Waals surface area contributed by atoms with Crippen LogP contribution in [0.4, 0.5) is 5.69 Å². The average Bonchev–Trinajstić information content (AvgIpc) is 2.85. The van der Waals surface area contributed by atoms with Crippen LogP contribution < -0.4 is 5.32 Å². The topological polar surface area (TPSA) is 76.9 Å². The van der Waals surface area contributed by atoms with Crippen molar-refractivity contribution >= 4 is 34.0 Å². The maximum absolute atomic E-state index is 11.8. The highest BCUT2D eigenvalue weighted by Crippen LogP contribution is 2.15. The van der Waals surface area contributed by atoms with Gasteiger partial charge in [0.1, 0.15) is 6.33 Å². The summed E-state index contributed by atoms with van der Waals surface area (Å²) >= 11 is 5.83. The fourth-order valence-corrected chi connectivity index (χ4v) is 2.13. The van der Waals surface area contributed by atoms with Crippen molar-refractivity contribution in [2.24, 2.45) is 0 Å². The van der Waals surface area contributed by atoms with Crippen molar-refractivity contribution in [3.63, 3.8) is 0 Å². The lowest BCUT2D eigenvalue weighted by atomic mass is 10.3. The van der Waals surface area contributed by atoms with Crippen molar-refractivity contribution in [1.29, 1.82) is 0 Å². The lowest BCUT2D eigenvalue weighted by Gasteiger charge is -2.05. The zero-order chi connectivity index (χ0) is 14.5. The second-order valence-electron chi connectivity index (χ2n) is 4.05. The quantitative estimate of drug-likeness (QED) is 0.911. The molecule has 0 fully saturated rings. The van der Waals surface area contributed by atoms with Gasteiger partial charge in [-0.15, -0.1) is 5.10 Å².